The second-order valence-corrected chi connectivity index (χ2v) is 10.1. The fourth-order valence-electron chi connectivity index (χ4n) is 5.07. The Bertz CT molecular complexity index is 1330. The molecule has 2 aromatic carbocycles. The fraction of sp³-hybridized carbons (Fsp3) is 0.308. The van der Waals surface area contributed by atoms with Gasteiger partial charge in [-0.15, -0.1) is 11.3 Å². The lowest BCUT2D eigenvalue weighted by molar-refractivity contribution is -0.129. The lowest BCUT2D eigenvalue weighted by Crippen LogP contribution is -2.70. The van der Waals surface area contributed by atoms with Crippen LogP contribution in [-0.4, -0.2) is 46.4 Å². The summed E-state index contributed by atoms with van der Waals surface area (Å²) in [5, 5.41) is 3.36. The van der Waals surface area contributed by atoms with Gasteiger partial charge in [0.2, 0.25) is 11.6 Å². The van der Waals surface area contributed by atoms with Crippen molar-refractivity contribution in [1.29, 1.82) is 0 Å². The number of fused-ring (bicyclic) bond motifs is 3. The molecule has 0 radical (unpaired) electrons. The third-order valence-electron chi connectivity index (χ3n) is 6.56. The van der Waals surface area contributed by atoms with Gasteiger partial charge in [0, 0.05) is 29.3 Å². The van der Waals surface area contributed by atoms with Crippen molar-refractivity contribution in [1.82, 2.24) is 9.88 Å². The number of carbonyl (C=O) groups excluding carboxylic acids is 3. The number of anilines is 2. The number of hydrogen-bond acceptors (Lipinski definition) is 6. The standard InChI is InChI=1S/C26H26N4O4S/c1-15(2)29-23(32)19-7-5-6-8-20(19)30-21(31)13-14-26(29,30)24(33)28-25-27-22(16(3)35-25)17-9-11-18(34-4)12-10-17/h5-12,15H,13-14H2,1-4H3,(H,27,28,33)/t26-/m0/s1. The highest BCUT2D eigenvalue weighted by Crippen LogP contribution is 2.46. The number of nitrogens with zero attached hydrogens (tertiary/aromatic N) is 3. The zero-order valence-corrected chi connectivity index (χ0v) is 20.8. The summed E-state index contributed by atoms with van der Waals surface area (Å²) < 4.78 is 5.23. The molecule has 9 heteroatoms. The van der Waals surface area contributed by atoms with E-state index in [1.807, 2.05) is 45.0 Å². The van der Waals surface area contributed by atoms with Crippen LogP contribution < -0.4 is 15.0 Å². The largest absolute Gasteiger partial charge is 0.497 e. The Morgan fingerprint density at radius 3 is 2.54 bits per heavy atom. The first-order valence-corrected chi connectivity index (χ1v) is 12.3. The minimum atomic E-state index is -1.45. The average Bonchev–Trinajstić information content (AvgIpc) is 3.39. The third kappa shape index (κ3) is 3.49. The number of carbonyl (C=O) groups is 3. The highest BCUT2D eigenvalue weighted by Gasteiger charge is 2.61. The van der Waals surface area contributed by atoms with Crippen LogP contribution in [0.15, 0.2) is 48.5 Å². The number of nitrogens with one attached hydrogen (secondary N) is 1. The molecule has 35 heavy (non-hydrogen) atoms. The molecule has 3 amide bonds. The van der Waals surface area contributed by atoms with Crippen molar-refractivity contribution in [2.75, 3.05) is 17.3 Å². The topological polar surface area (TPSA) is 91.8 Å². The summed E-state index contributed by atoms with van der Waals surface area (Å²) >= 11 is 1.36. The van der Waals surface area contributed by atoms with Crippen LogP contribution in [0.2, 0.25) is 0 Å². The number of aryl methyl sites for hydroxylation is 1. The second-order valence-electron chi connectivity index (χ2n) is 8.94. The van der Waals surface area contributed by atoms with E-state index in [0.29, 0.717) is 16.4 Å². The van der Waals surface area contributed by atoms with Gasteiger partial charge in [0.25, 0.3) is 11.8 Å². The predicted molar refractivity (Wildman–Crippen MR) is 135 cm³/mol. The Morgan fingerprint density at radius 1 is 1.14 bits per heavy atom. The number of para-hydroxylation sites is 1. The summed E-state index contributed by atoms with van der Waals surface area (Å²) in [5.41, 5.74) is 1.11. The molecule has 3 heterocycles. The molecule has 1 saturated heterocycles. The Hall–Kier alpha value is -3.72. The molecule has 0 saturated carbocycles. The van der Waals surface area contributed by atoms with Gasteiger partial charge >= 0.3 is 0 Å². The van der Waals surface area contributed by atoms with Crippen LogP contribution in [0.25, 0.3) is 11.3 Å². The second kappa shape index (κ2) is 8.49. The van der Waals surface area contributed by atoms with Crippen LogP contribution in [-0.2, 0) is 9.59 Å². The van der Waals surface area contributed by atoms with E-state index in [2.05, 4.69) is 10.3 Å². The first kappa shape index (κ1) is 23.0. The number of benzene rings is 2. The van der Waals surface area contributed by atoms with Crippen molar-refractivity contribution in [2.24, 2.45) is 0 Å². The first-order valence-electron chi connectivity index (χ1n) is 11.5. The zero-order valence-electron chi connectivity index (χ0n) is 20.0. The Balaban J connectivity index is 1.54. The number of thiazole rings is 1. The molecule has 8 nitrogen and oxygen atoms in total. The summed E-state index contributed by atoms with van der Waals surface area (Å²) in [6, 6.07) is 14.2. The highest BCUT2D eigenvalue weighted by molar-refractivity contribution is 7.16. The molecule has 2 aliphatic rings. The number of aromatic nitrogens is 1. The van der Waals surface area contributed by atoms with E-state index < -0.39 is 11.6 Å². The van der Waals surface area contributed by atoms with Gasteiger partial charge in [0.05, 0.1) is 24.1 Å². The fourth-order valence-corrected chi connectivity index (χ4v) is 5.90. The Labute approximate surface area is 207 Å². The van der Waals surface area contributed by atoms with Gasteiger partial charge in [-0.25, -0.2) is 4.98 Å². The van der Waals surface area contributed by atoms with Gasteiger partial charge < -0.3 is 9.64 Å². The maximum Gasteiger partial charge on any atom is 0.273 e. The summed E-state index contributed by atoms with van der Waals surface area (Å²) in [7, 11) is 1.61. The normalized spacial score (nSPS) is 19.1. The third-order valence-corrected chi connectivity index (χ3v) is 7.45. The molecule has 0 spiro atoms. The molecule has 0 aliphatic carbocycles. The van der Waals surface area contributed by atoms with E-state index >= 15 is 0 Å². The van der Waals surface area contributed by atoms with Crippen LogP contribution in [0.1, 0.15) is 41.9 Å². The van der Waals surface area contributed by atoms with E-state index in [1.54, 1.807) is 36.3 Å². The highest BCUT2D eigenvalue weighted by atomic mass is 32.1. The number of hydrogen-bond donors (Lipinski definition) is 1. The smallest absolute Gasteiger partial charge is 0.273 e. The molecule has 2 aliphatic heterocycles. The molecular weight excluding hydrogens is 464 g/mol. The van der Waals surface area contributed by atoms with Crippen molar-refractivity contribution in [3.63, 3.8) is 0 Å². The van der Waals surface area contributed by atoms with Crippen LogP contribution in [0.4, 0.5) is 10.8 Å². The van der Waals surface area contributed by atoms with Gasteiger partial charge in [-0.3, -0.25) is 24.6 Å². The lowest BCUT2D eigenvalue weighted by atomic mass is 9.94. The van der Waals surface area contributed by atoms with Crippen LogP contribution in [0, 0.1) is 6.92 Å². The molecule has 1 N–H and O–H groups in total. The summed E-state index contributed by atoms with van der Waals surface area (Å²) in [6.07, 6.45) is 0.387. The maximum atomic E-state index is 14.0. The van der Waals surface area contributed by atoms with Gasteiger partial charge in [-0.05, 0) is 57.2 Å². The van der Waals surface area contributed by atoms with Crippen molar-refractivity contribution < 1.29 is 19.1 Å². The molecule has 1 atom stereocenters. The van der Waals surface area contributed by atoms with Crippen molar-refractivity contribution in [3.8, 4) is 17.0 Å². The maximum absolute atomic E-state index is 14.0. The molecule has 180 valence electrons. The van der Waals surface area contributed by atoms with Crippen LogP contribution in [0.5, 0.6) is 5.75 Å². The summed E-state index contributed by atoms with van der Waals surface area (Å²) in [5.74, 6) is -0.128. The lowest BCUT2D eigenvalue weighted by Gasteiger charge is -2.50. The zero-order chi connectivity index (χ0) is 24.9. The van der Waals surface area contributed by atoms with Gasteiger partial charge in [0.15, 0.2) is 5.13 Å². The van der Waals surface area contributed by atoms with E-state index in [-0.39, 0.29) is 30.7 Å². The molecule has 1 fully saturated rings. The van der Waals surface area contributed by atoms with Gasteiger partial charge in [-0.2, -0.15) is 0 Å². The first-order chi connectivity index (χ1) is 16.8. The predicted octanol–water partition coefficient (Wildman–Crippen LogP) is 4.45. The van der Waals surface area contributed by atoms with E-state index in [4.69, 9.17) is 4.74 Å². The monoisotopic (exact) mass is 490 g/mol. The van der Waals surface area contributed by atoms with Crippen molar-refractivity contribution in [2.45, 2.75) is 45.3 Å². The van der Waals surface area contributed by atoms with Crippen molar-refractivity contribution in [3.05, 3.63) is 59.0 Å². The summed E-state index contributed by atoms with van der Waals surface area (Å²) in [4.78, 5) is 49.3. The van der Waals surface area contributed by atoms with E-state index in [0.717, 1.165) is 21.9 Å². The molecule has 5 rings (SSSR count). The Kier molecular flexibility index (Phi) is 5.59. The van der Waals surface area contributed by atoms with E-state index in [9.17, 15) is 14.4 Å². The molecule has 0 unspecified atom stereocenters. The van der Waals surface area contributed by atoms with E-state index in [1.165, 1.54) is 16.2 Å². The minimum absolute atomic E-state index is 0.173. The summed E-state index contributed by atoms with van der Waals surface area (Å²) in [6.45, 7) is 5.66. The number of ether oxygens (including phenoxy) is 1. The van der Waals surface area contributed by atoms with Crippen LogP contribution in [0.3, 0.4) is 0 Å². The number of methoxy groups -OCH3 is 1. The molecular formula is C26H26N4O4S. The number of rotatable bonds is 5. The quantitative estimate of drug-likeness (QED) is 0.570. The van der Waals surface area contributed by atoms with Gasteiger partial charge in [-0.1, -0.05) is 12.1 Å². The van der Waals surface area contributed by atoms with Gasteiger partial charge in [0.1, 0.15) is 5.75 Å². The number of amides is 3. The van der Waals surface area contributed by atoms with Crippen LogP contribution >= 0.6 is 11.3 Å². The SMILES string of the molecule is COc1ccc(-c2nc(NC(=O)[C@]34CCC(=O)N3c3ccccc3C(=O)N4C(C)C)sc2C)cc1. The molecule has 0 bridgehead atoms. The van der Waals surface area contributed by atoms with Crippen molar-refractivity contribution >= 4 is 39.9 Å². The molecule has 3 aromatic rings. The minimum Gasteiger partial charge on any atom is -0.497 e. The average molecular weight is 491 g/mol. The molecule has 1 aromatic heterocycles. The Morgan fingerprint density at radius 2 is 1.86 bits per heavy atom.